The maximum absolute atomic E-state index is 13.2. The fourth-order valence-electron chi connectivity index (χ4n) is 4.04. The van der Waals surface area contributed by atoms with Gasteiger partial charge in [-0.3, -0.25) is 9.69 Å². The van der Waals surface area contributed by atoms with Gasteiger partial charge >= 0.3 is 0 Å². The van der Waals surface area contributed by atoms with Crippen molar-refractivity contribution >= 4 is 5.91 Å². The summed E-state index contributed by atoms with van der Waals surface area (Å²) in [6.07, 6.45) is 3.73. The molecule has 2 aromatic rings. The molecule has 0 radical (unpaired) electrons. The first-order valence-electron chi connectivity index (χ1n) is 8.47. The van der Waals surface area contributed by atoms with Crippen LogP contribution in [0.25, 0.3) is 11.3 Å². The van der Waals surface area contributed by atoms with E-state index in [1.807, 2.05) is 0 Å². The zero-order chi connectivity index (χ0) is 16.7. The normalized spacial score (nSPS) is 28.8. The summed E-state index contributed by atoms with van der Waals surface area (Å²) in [7, 11) is 0. The molecule has 2 unspecified atom stereocenters. The Labute approximate surface area is 140 Å². The molecule has 0 aliphatic carbocycles. The van der Waals surface area contributed by atoms with E-state index in [1.54, 1.807) is 18.2 Å². The molecular formula is C18H21FN4O. The number of amides is 1. The van der Waals surface area contributed by atoms with E-state index < -0.39 is 5.95 Å². The van der Waals surface area contributed by atoms with Gasteiger partial charge in [0.15, 0.2) is 0 Å². The molecule has 5 nitrogen and oxygen atoms in total. The number of pyridine rings is 1. The number of H-pyrrole nitrogens is 1. The highest BCUT2D eigenvalue weighted by molar-refractivity contribution is 5.93. The molecule has 126 valence electrons. The van der Waals surface area contributed by atoms with Gasteiger partial charge in [-0.05, 0) is 57.0 Å². The standard InChI is InChI=1S/C18H21FN4O/c1-11-17(12-5-8-23(11)9-6-12)22-18(24)15-3-2-14(21-15)13-4-7-20-16(19)10-13/h2-4,7,10-12,17,21H,5-6,8-9H2,1H3,(H,22,24). The van der Waals surface area contributed by atoms with Gasteiger partial charge < -0.3 is 10.3 Å². The number of rotatable bonds is 3. The summed E-state index contributed by atoms with van der Waals surface area (Å²) in [6, 6.07) is 7.18. The lowest BCUT2D eigenvalue weighted by Gasteiger charge is -2.49. The zero-order valence-electron chi connectivity index (χ0n) is 13.6. The minimum Gasteiger partial charge on any atom is -0.351 e. The number of hydrogen-bond donors (Lipinski definition) is 2. The summed E-state index contributed by atoms with van der Waals surface area (Å²) in [5, 5.41) is 3.19. The van der Waals surface area contributed by atoms with E-state index in [2.05, 4.69) is 27.1 Å². The average Bonchev–Trinajstić information content (AvgIpc) is 3.09. The van der Waals surface area contributed by atoms with Crippen LogP contribution in [0, 0.1) is 11.9 Å². The number of piperidine rings is 3. The van der Waals surface area contributed by atoms with E-state index in [9.17, 15) is 9.18 Å². The molecule has 5 heterocycles. The van der Waals surface area contributed by atoms with Gasteiger partial charge in [-0.25, -0.2) is 4.98 Å². The molecule has 3 fully saturated rings. The Bertz CT molecular complexity index is 749. The first kappa shape index (κ1) is 15.3. The summed E-state index contributed by atoms with van der Waals surface area (Å²) in [4.78, 5) is 21.7. The third kappa shape index (κ3) is 2.71. The van der Waals surface area contributed by atoms with Crippen molar-refractivity contribution in [3.05, 3.63) is 42.1 Å². The van der Waals surface area contributed by atoms with Crippen LogP contribution in [0.3, 0.4) is 0 Å². The molecule has 3 aliphatic heterocycles. The minimum atomic E-state index is -0.533. The summed E-state index contributed by atoms with van der Waals surface area (Å²) in [6.45, 7) is 4.47. The van der Waals surface area contributed by atoms with Gasteiger partial charge in [0.2, 0.25) is 5.95 Å². The summed E-state index contributed by atoms with van der Waals surface area (Å²) in [5.74, 6) is -0.0618. The molecule has 2 aromatic heterocycles. The number of nitrogens with zero attached hydrogens (tertiary/aromatic N) is 2. The number of carbonyl (C=O) groups excluding carboxylic acids is 1. The average molecular weight is 328 g/mol. The van der Waals surface area contributed by atoms with Gasteiger partial charge in [0.05, 0.1) is 0 Å². The molecule has 0 spiro atoms. The van der Waals surface area contributed by atoms with Crippen molar-refractivity contribution < 1.29 is 9.18 Å². The Morgan fingerprint density at radius 3 is 2.83 bits per heavy atom. The van der Waals surface area contributed by atoms with E-state index in [1.165, 1.54) is 12.3 Å². The fourth-order valence-corrected chi connectivity index (χ4v) is 4.04. The SMILES string of the molecule is CC1C(NC(=O)c2ccc(-c3ccnc(F)c3)[nH]2)C2CCN1CC2. The van der Waals surface area contributed by atoms with E-state index in [-0.39, 0.29) is 11.9 Å². The molecule has 24 heavy (non-hydrogen) atoms. The second-order valence-corrected chi connectivity index (χ2v) is 6.77. The van der Waals surface area contributed by atoms with E-state index in [0.29, 0.717) is 28.9 Å². The summed E-state index contributed by atoms with van der Waals surface area (Å²) in [5.41, 5.74) is 1.90. The smallest absolute Gasteiger partial charge is 0.267 e. The largest absolute Gasteiger partial charge is 0.351 e. The number of carbonyl (C=O) groups is 1. The molecule has 6 heteroatoms. The Balaban J connectivity index is 1.49. The van der Waals surface area contributed by atoms with Gasteiger partial charge in [-0.15, -0.1) is 0 Å². The zero-order valence-corrected chi connectivity index (χ0v) is 13.6. The van der Waals surface area contributed by atoms with Crippen LogP contribution in [0.15, 0.2) is 30.5 Å². The van der Waals surface area contributed by atoms with Crippen LogP contribution in [0.2, 0.25) is 0 Å². The third-order valence-electron chi connectivity index (χ3n) is 5.44. The Morgan fingerprint density at radius 1 is 1.33 bits per heavy atom. The van der Waals surface area contributed by atoms with Crippen molar-refractivity contribution in [2.75, 3.05) is 13.1 Å². The maximum atomic E-state index is 13.2. The molecule has 0 aromatic carbocycles. The van der Waals surface area contributed by atoms with Crippen molar-refractivity contribution in [2.45, 2.75) is 31.8 Å². The highest BCUT2D eigenvalue weighted by Gasteiger charge is 2.40. The quantitative estimate of drug-likeness (QED) is 0.851. The predicted octanol–water partition coefficient (Wildman–Crippen LogP) is 2.43. The minimum absolute atomic E-state index is 0.0959. The van der Waals surface area contributed by atoms with Crippen LogP contribution >= 0.6 is 0 Å². The second-order valence-electron chi connectivity index (χ2n) is 6.77. The predicted molar refractivity (Wildman–Crippen MR) is 89.0 cm³/mol. The lowest BCUT2D eigenvalue weighted by molar-refractivity contribution is 0.0216. The van der Waals surface area contributed by atoms with Crippen LogP contribution in [-0.4, -0.2) is 45.9 Å². The van der Waals surface area contributed by atoms with E-state index in [0.717, 1.165) is 25.9 Å². The Kier molecular flexibility index (Phi) is 3.84. The molecule has 5 rings (SSSR count). The molecule has 2 atom stereocenters. The van der Waals surface area contributed by atoms with Gasteiger partial charge in [-0.1, -0.05) is 0 Å². The Hall–Kier alpha value is -2.21. The van der Waals surface area contributed by atoms with E-state index >= 15 is 0 Å². The number of aromatic nitrogens is 2. The lowest BCUT2D eigenvalue weighted by atomic mass is 9.79. The molecule has 2 N–H and O–H groups in total. The van der Waals surface area contributed by atoms with Gasteiger partial charge in [-0.2, -0.15) is 4.39 Å². The van der Waals surface area contributed by atoms with Crippen molar-refractivity contribution in [1.82, 2.24) is 20.2 Å². The number of nitrogens with one attached hydrogen (secondary N) is 2. The third-order valence-corrected chi connectivity index (χ3v) is 5.44. The first-order valence-corrected chi connectivity index (χ1v) is 8.47. The van der Waals surface area contributed by atoms with Crippen LogP contribution in [-0.2, 0) is 0 Å². The van der Waals surface area contributed by atoms with Crippen LogP contribution in [0.4, 0.5) is 4.39 Å². The van der Waals surface area contributed by atoms with Crippen molar-refractivity contribution in [3.8, 4) is 11.3 Å². The highest BCUT2D eigenvalue weighted by atomic mass is 19.1. The Morgan fingerprint density at radius 2 is 2.12 bits per heavy atom. The second kappa shape index (κ2) is 6.02. The molecular weight excluding hydrogens is 307 g/mol. The van der Waals surface area contributed by atoms with Gasteiger partial charge in [0.1, 0.15) is 5.69 Å². The molecule has 1 amide bonds. The number of aromatic amines is 1. The van der Waals surface area contributed by atoms with Crippen LogP contribution in [0.1, 0.15) is 30.3 Å². The highest BCUT2D eigenvalue weighted by Crippen LogP contribution is 2.32. The molecule has 0 saturated carbocycles. The lowest BCUT2D eigenvalue weighted by Crippen LogP contribution is -2.62. The molecule has 3 aliphatic rings. The van der Waals surface area contributed by atoms with Crippen molar-refractivity contribution in [1.29, 1.82) is 0 Å². The van der Waals surface area contributed by atoms with Gasteiger partial charge in [0.25, 0.3) is 5.91 Å². The first-order chi connectivity index (χ1) is 11.6. The fraction of sp³-hybridized carbons (Fsp3) is 0.444. The number of halogens is 1. The van der Waals surface area contributed by atoms with Crippen molar-refractivity contribution in [2.24, 2.45) is 5.92 Å². The summed E-state index contributed by atoms with van der Waals surface area (Å²) < 4.78 is 13.2. The number of fused-ring (bicyclic) bond motifs is 3. The topological polar surface area (TPSA) is 61.0 Å². The van der Waals surface area contributed by atoms with E-state index in [4.69, 9.17) is 0 Å². The van der Waals surface area contributed by atoms with Crippen LogP contribution < -0.4 is 5.32 Å². The van der Waals surface area contributed by atoms with Crippen molar-refractivity contribution in [3.63, 3.8) is 0 Å². The summed E-state index contributed by atoms with van der Waals surface area (Å²) >= 11 is 0. The van der Waals surface area contributed by atoms with Gasteiger partial charge in [0, 0.05) is 35.6 Å². The molecule has 2 bridgehead atoms. The van der Waals surface area contributed by atoms with Crippen LogP contribution in [0.5, 0.6) is 0 Å². The maximum Gasteiger partial charge on any atom is 0.267 e. The number of hydrogen-bond acceptors (Lipinski definition) is 3. The molecule has 3 saturated heterocycles. The monoisotopic (exact) mass is 328 g/mol.